The number of rotatable bonds is 1. The Morgan fingerprint density at radius 1 is 1.14 bits per heavy atom. The van der Waals surface area contributed by atoms with Crippen LogP contribution in [0.1, 0.15) is 25.3 Å². The Labute approximate surface area is 100 Å². The fraction of sp³-hybridized carbons (Fsp3) is 0.333. The van der Waals surface area contributed by atoms with E-state index in [1.807, 2.05) is 18.2 Å². The van der Waals surface area contributed by atoms with Crippen LogP contribution < -0.4 is 0 Å². The van der Waals surface area contributed by atoms with Gasteiger partial charge in [0, 0.05) is 0 Å². The van der Waals surface area contributed by atoms with Crippen molar-refractivity contribution in [2.24, 2.45) is 0 Å². The first kappa shape index (κ1) is 14.3. The minimum absolute atomic E-state index is 0.400. The largest absolute Gasteiger partial charge is 0.508 e. The molecule has 14 heavy (non-hydrogen) atoms. The van der Waals surface area contributed by atoms with Crippen LogP contribution in [0.25, 0.3) is 0 Å². The maximum atomic E-state index is 9.28. The summed E-state index contributed by atoms with van der Waals surface area (Å²) in [7, 11) is 0. The van der Waals surface area contributed by atoms with E-state index in [4.69, 9.17) is 33.7 Å². The lowest BCUT2D eigenvalue weighted by atomic mass is 10.0. The van der Waals surface area contributed by atoms with E-state index < -0.39 is 5.98 Å². The lowest BCUT2D eigenvalue weighted by Crippen LogP contribution is -1.85. The van der Waals surface area contributed by atoms with E-state index in [0.29, 0.717) is 11.7 Å². The van der Waals surface area contributed by atoms with Crippen molar-refractivity contribution in [1.29, 1.82) is 0 Å². The number of para-hydroxylation sites is 1. The second-order valence-electron chi connectivity index (χ2n) is 2.91. The molecular weight excluding hydrogens is 261 g/mol. The molecule has 0 spiro atoms. The number of halogens is 3. The van der Waals surface area contributed by atoms with Crippen LogP contribution in [-0.2, 0) is 0 Å². The second-order valence-corrected chi connectivity index (χ2v) is 7.89. The van der Waals surface area contributed by atoms with Gasteiger partial charge in [-0.25, -0.2) is 0 Å². The first-order chi connectivity index (χ1) is 6.45. The maximum Gasteiger partial charge on any atom is 0.179 e. The molecule has 1 aromatic rings. The molecule has 0 fully saturated rings. The highest BCUT2D eigenvalue weighted by Gasteiger charge is 2.01. The van der Waals surface area contributed by atoms with Gasteiger partial charge in [-0.2, -0.15) is 0 Å². The molecule has 1 nitrogen and oxygen atoms in total. The molecule has 0 saturated carbocycles. The molecule has 0 radical (unpaired) electrons. The Morgan fingerprint density at radius 3 is 1.86 bits per heavy atom. The normalized spacial score (nSPS) is 9.93. The molecule has 0 atom stereocenters. The SMILES string of the molecule is CC(C)c1ccccc1O.ClP(Cl)Cl. The topological polar surface area (TPSA) is 20.2 Å². The van der Waals surface area contributed by atoms with Gasteiger partial charge in [-0.1, -0.05) is 65.8 Å². The van der Waals surface area contributed by atoms with Gasteiger partial charge >= 0.3 is 0 Å². The predicted octanol–water partition coefficient (Wildman–Crippen LogP) is 5.45. The lowest BCUT2D eigenvalue weighted by molar-refractivity contribution is 0.465. The molecule has 0 amide bonds. The summed E-state index contributed by atoms with van der Waals surface area (Å²) in [6.45, 7) is 4.13. The number of hydrogen-bond acceptors (Lipinski definition) is 1. The molecule has 0 heterocycles. The van der Waals surface area contributed by atoms with Crippen molar-refractivity contribution < 1.29 is 5.11 Å². The third-order valence-corrected chi connectivity index (χ3v) is 1.56. The van der Waals surface area contributed by atoms with Gasteiger partial charge in [0.05, 0.1) is 0 Å². The summed E-state index contributed by atoms with van der Waals surface area (Å²) in [5.41, 5.74) is 1.02. The van der Waals surface area contributed by atoms with Gasteiger partial charge in [0.1, 0.15) is 5.75 Å². The summed E-state index contributed by atoms with van der Waals surface area (Å²) in [5, 5.41) is 9.28. The minimum Gasteiger partial charge on any atom is -0.508 e. The molecule has 0 aliphatic rings. The van der Waals surface area contributed by atoms with Crippen LogP contribution in [0, 0.1) is 0 Å². The highest BCUT2D eigenvalue weighted by molar-refractivity contribution is 8.20. The molecule has 0 unspecified atom stereocenters. The predicted molar refractivity (Wildman–Crippen MR) is 66.7 cm³/mol. The van der Waals surface area contributed by atoms with Crippen LogP contribution in [0.2, 0.25) is 0 Å². The second kappa shape index (κ2) is 7.59. The average Bonchev–Trinajstić information content (AvgIpc) is 2.03. The summed E-state index contributed by atoms with van der Waals surface area (Å²) in [6, 6.07) is 7.44. The summed E-state index contributed by atoms with van der Waals surface area (Å²) in [4.78, 5) is 0. The minimum atomic E-state index is -1.20. The Hall–Kier alpha value is 0.320. The first-order valence-electron chi connectivity index (χ1n) is 4.00. The highest BCUT2D eigenvalue weighted by Crippen LogP contribution is 2.51. The molecule has 0 aromatic heterocycles. The Kier molecular flexibility index (Phi) is 7.76. The van der Waals surface area contributed by atoms with Crippen molar-refractivity contribution in [2.45, 2.75) is 19.8 Å². The van der Waals surface area contributed by atoms with Gasteiger partial charge in [-0.15, -0.1) is 0 Å². The lowest BCUT2D eigenvalue weighted by Gasteiger charge is -2.05. The zero-order valence-corrected chi connectivity index (χ0v) is 11.1. The summed E-state index contributed by atoms with van der Waals surface area (Å²) < 4.78 is 0. The molecule has 80 valence electrons. The van der Waals surface area contributed by atoms with E-state index in [2.05, 4.69) is 13.8 Å². The van der Waals surface area contributed by atoms with Crippen molar-refractivity contribution in [3.05, 3.63) is 29.8 Å². The standard InChI is InChI=1S/C9H12O.Cl3P/c1-7(2)8-5-3-4-6-9(8)10;1-4(2)3/h3-7,10H,1-2H3;. The van der Waals surface area contributed by atoms with E-state index in [0.717, 1.165) is 5.56 Å². The van der Waals surface area contributed by atoms with Crippen molar-refractivity contribution in [3.8, 4) is 5.75 Å². The smallest absolute Gasteiger partial charge is 0.179 e. The van der Waals surface area contributed by atoms with Crippen LogP contribution in [0.15, 0.2) is 24.3 Å². The van der Waals surface area contributed by atoms with Crippen molar-refractivity contribution in [3.63, 3.8) is 0 Å². The molecule has 1 aromatic carbocycles. The van der Waals surface area contributed by atoms with Crippen LogP contribution in [-0.4, -0.2) is 5.11 Å². The molecule has 0 bridgehead atoms. The van der Waals surface area contributed by atoms with Crippen molar-refractivity contribution in [1.82, 2.24) is 0 Å². The maximum absolute atomic E-state index is 9.28. The van der Waals surface area contributed by atoms with E-state index in [1.165, 1.54) is 0 Å². The van der Waals surface area contributed by atoms with Crippen LogP contribution in [0.4, 0.5) is 0 Å². The zero-order chi connectivity index (χ0) is 11.1. The fourth-order valence-corrected chi connectivity index (χ4v) is 0.976. The molecule has 0 saturated heterocycles. The molecule has 0 aliphatic carbocycles. The summed E-state index contributed by atoms with van der Waals surface area (Å²) in [5.74, 6) is -0.399. The van der Waals surface area contributed by atoms with Gasteiger partial charge in [0.25, 0.3) is 0 Å². The molecule has 5 heteroatoms. The number of benzene rings is 1. The summed E-state index contributed by atoms with van der Waals surface area (Å²) >= 11 is 14.6. The average molecular weight is 274 g/mol. The molecule has 0 aliphatic heterocycles. The molecule has 1 N–H and O–H groups in total. The van der Waals surface area contributed by atoms with Crippen LogP contribution in [0.5, 0.6) is 5.75 Å². The molecule has 1 rings (SSSR count). The van der Waals surface area contributed by atoms with Crippen LogP contribution >= 0.6 is 39.7 Å². The van der Waals surface area contributed by atoms with Crippen molar-refractivity contribution >= 4 is 39.7 Å². The molecular formula is C9H12Cl3OP. The van der Waals surface area contributed by atoms with Gasteiger partial charge in [0.15, 0.2) is 5.98 Å². The van der Waals surface area contributed by atoms with Crippen LogP contribution in [0.3, 0.4) is 0 Å². The number of hydrogen-bond donors (Lipinski definition) is 1. The number of phenolic OH excluding ortho intramolecular Hbond substituents is 1. The quantitative estimate of drug-likeness (QED) is 0.675. The Balaban J connectivity index is 0.000000364. The third kappa shape index (κ3) is 6.73. The van der Waals surface area contributed by atoms with Gasteiger partial charge in [0.2, 0.25) is 0 Å². The van der Waals surface area contributed by atoms with E-state index in [9.17, 15) is 5.11 Å². The fourth-order valence-electron chi connectivity index (χ4n) is 0.976. The van der Waals surface area contributed by atoms with E-state index >= 15 is 0 Å². The van der Waals surface area contributed by atoms with E-state index in [-0.39, 0.29) is 0 Å². The van der Waals surface area contributed by atoms with E-state index in [1.54, 1.807) is 6.07 Å². The first-order valence-corrected chi connectivity index (χ1v) is 8.06. The highest BCUT2D eigenvalue weighted by atomic mass is 36.0. The zero-order valence-electron chi connectivity index (χ0n) is 7.92. The van der Waals surface area contributed by atoms with Gasteiger partial charge < -0.3 is 5.11 Å². The monoisotopic (exact) mass is 272 g/mol. The summed E-state index contributed by atoms with van der Waals surface area (Å²) in [6.07, 6.45) is 0. The van der Waals surface area contributed by atoms with Gasteiger partial charge in [-0.05, 0) is 17.5 Å². The van der Waals surface area contributed by atoms with Gasteiger partial charge in [-0.3, -0.25) is 0 Å². The Morgan fingerprint density at radius 2 is 1.57 bits per heavy atom. The Bertz CT molecular complexity index is 263. The third-order valence-electron chi connectivity index (χ3n) is 1.56. The number of phenols is 1. The van der Waals surface area contributed by atoms with Crippen molar-refractivity contribution in [2.75, 3.05) is 0 Å². The number of aromatic hydroxyl groups is 1.